The molecule has 1 aromatic carbocycles. The molecule has 0 saturated heterocycles. The summed E-state index contributed by atoms with van der Waals surface area (Å²) in [5.41, 5.74) is 2.65. The molecule has 0 aromatic heterocycles. The van der Waals surface area contributed by atoms with Crippen molar-refractivity contribution in [1.29, 1.82) is 0 Å². The molecule has 0 atom stereocenters. The molecule has 106 valence electrons. The predicted octanol–water partition coefficient (Wildman–Crippen LogP) is 3.67. The summed E-state index contributed by atoms with van der Waals surface area (Å²) in [6, 6.07) is 8.84. The van der Waals surface area contributed by atoms with Crippen LogP contribution in [0.2, 0.25) is 0 Å². The summed E-state index contributed by atoms with van der Waals surface area (Å²) < 4.78 is 0. The lowest BCUT2D eigenvalue weighted by Gasteiger charge is -2.26. The maximum atomic E-state index is 3.62. The lowest BCUT2D eigenvalue weighted by molar-refractivity contribution is 0.281. The molecular weight excluding hydrogens is 232 g/mol. The molecule has 1 aliphatic rings. The number of rotatable bonds is 5. The van der Waals surface area contributed by atoms with Gasteiger partial charge in [0.25, 0.3) is 0 Å². The second kappa shape index (κ2) is 6.95. The number of benzene rings is 1. The Bertz CT molecular complexity index is 361. The van der Waals surface area contributed by atoms with Gasteiger partial charge in [-0.25, -0.2) is 0 Å². The van der Waals surface area contributed by atoms with E-state index in [1.54, 1.807) is 0 Å². The van der Waals surface area contributed by atoms with Gasteiger partial charge in [-0.2, -0.15) is 0 Å². The molecule has 0 spiro atoms. The van der Waals surface area contributed by atoms with Crippen molar-refractivity contribution in [2.45, 2.75) is 39.2 Å². The van der Waals surface area contributed by atoms with E-state index < -0.39 is 0 Å². The van der Waals surface area contributed by atoms with E-state index in [0.717, 1.165) is 18.4 Å². The van der Waals surface area contributed by atoms with Gasteiger partial charge in [-0.15, -0.1) is 0 Å². The van der Waals surface area contributed by atoms with Gasteiger partial charge in [0, 0.05) is 26.3 Å². The number of nitrogens with zero attached hydrogens (tertiary/aromatic N) is 1. The van der Waals surface area contributed by atoms with Crippen LogP contribution in [0.5, 0.6) is 0 Å². The highest BCUT2D eigenvalue weighted by molar-refractivity contribution is 5.45. The summed E-state index contributed by atoms with van der Waals surface area (Å²) >= 11 is 0. The van der Waals surface area contributed by atoms with Gasteiger partial charge in [0.1, 0.15) is 0 Å². The summed E-state index contributed by atoms with van der Waals surface area (Å²) in [6.45, 7) is 4.57. The van der Waals surface area contributed by atoms with Crippen molar-refractivity contribution >= 4 is 5.69 Å². The first kappa shape index (κ1) is 14.4. The molecule has 19 heavy (non-hydrogen) atoms. The van der Waals surface area contributed by atoms with Crippen LogP contribution in [0, 0.1) is 11.8 Å². The lowest BCUT2D eigenvalue weighted by atomic mass is 9.83. The van der Waals surface area contributed by atoms with Crippen molar-refractivity contribution in [2.24, 2.45) is 11.8 Å². The maximum Gasteiger partial charge on any atom is 0.0361 e. The highest BCUT2D eigenvalue weighted by Gasteiger charge is 2.17. The summed E-state index contributed by atoms with van der Waals surface area (Å²) in [5.74, 6) is 1.85. The third-order valence-corrected chi connectivity index (χ3v) is 4.35. The van der Waals surface area contributed by atoms with Crippen molar-refractivity contribution in [3.63, 3.8) is 0 Å². The van der Waals surface area contributed by atoms with E-state index in [1.165, 1.54) is 43.5 Å². The molecule has 2 nitrogen and oxygen atoms in total. The monoisotopic (exact) mass is 260 g/mol. The number of hydrogen-bond acceptors (Lipinski definition) is 2. The van der Waals surface area contributed by atoms with Crippen LogP contribution in [0.3, 0.4) is 0 Å². The molecule has 0 unspecified atom stereocenters. The summed E-state index contributed by atoms with van der Waals surface area (Å²) in [7, 11) is 4.16. The number of hydrogen-bond donors (Lipinski definition) is 1. The van der Waals surface area contributed by atoms with Crippen LogP contribution < -0.4 is 10.2 Å². The number of anilines is 1. The molecular formula is C17H28N2. The minimum Gasteiger partial charge on any atom is -0.378 e. The zero-order valence-corrected chi connectivity index (χ0v) is 12.7. The van der Waals surface area contributed by atoms with Gasteiger partial charge in [-0.3, -0.25) is 0 Å². The normalized spacial score (nSPS) is 23.3. The molecule has 0 amide bonds. The summed E-state index contributed by atoms with van der Waals surface area (Å²) in [5, 5.41) is 3.62. The van der Waals surface area contributed by atoms with E-state index in [9.17, 15) is 0 Å². The van der Waals surface area contributed by atoms with Crippen molar-refractivity contribution in [1.82, 2.24) is 5.32 Å². The van der Waals surface area contributed by atoms with Gasteiger partial charge in [0.05, 0.1) is 0 Å². The fourth-order valence-corrected chi connectivity index (χ4v) is 2.87. The van der Waals surface area contributed by atoms with Crippen LogP contribution >= 0.6 is 0 Å². The number of nitrogens with one attached hydrogen (secondary N) is 1. The van der Waals surface area contributed by atoms with Gasteiger partial charge in [-0.05, 0) is 48.9 Å². The van der Waals surface area contributed by atoms with Crippen LogP contribution in [0.25, 0.3) is 0 Å². The highest BCUT2D eigenvalue weighted by atomic mass is 15.1. The van der Waals surface area contributed by atoms with Crippen molar-refractivity contribution in [3.8, 4) is 0 Å². The molecule has 0 radical (unpaired) electrons. The Hall–Kier alpha value is -1.02. The van der Waals surface area contributed by atoms with E-state index in [4.69, 9.17) is 0 Å². The Morgan fingerprint density at radius 2 is 1.68 bits per heavy atom. The van der Waals surface area contributed by atoms with Crippen molar-refractivity contribution in [3.05, 3.63) is 29.8 Å². The molecule has 1 aliphatic carbocycles. The molecule has 2 rings (SSSR count). The Morgan fingerprint density at radius 1 is 1.05 bits per heavy atom. The van der Waals surface area contributed by atoms with Gasteiger partial charge in [0.15, 0.2) is 0 Å². The average Bonchev–Trinajstić information content (AvgIpc) is 2.41. The van der Waals surface area contributed by atoms with Gasteiger partial charge in [-0.1, -0.05) is 31.9 Å². The van der Waals surface area contributed by atoms with Gasteiger partial charge < -0.3 is 10.2 Å². The largest absolute Gasteiger partial charge is 0.378 e. The minimum atomic E-state index is 0.900. The molecule has 1 fully saturated rings. The Morgan fingerprint density at radius 3 is 2.26 bits per heavy atom. The molecule has 0 heterocycles. The molecule has 1 N–H and O–H groups in total. The van der Waals surface area contributed by atoms with Gasteiger partial charge in [0.2, 0.25) is 0 Å². The fraction of sp³-hybridized carbons (Fsp3) is 0.647. The van der Waals surface area contributed by atoms with E-state index in [-0.39, 0.29) is 0 Å². The topological polar surface area (TPSA) is 15.3 Å². The first-order valence-electron chi connectivity index (χ1n) is 7.62. The zero-order chi connectivity index (χ0) is 13.7. The second-order valence-electron chi connectivity index (χ2n) is 6.32. The third-order valence-electron chi connectivity index (χ3n) is 4.35. The SMILES string of the molecule is CC1CCC(CNCc2ccc(N(C)C)cc2)CC1. The molecule has 1 aromatic rings. The smallest absolute Gasteiger partial charge is 0.0361 e. The first-order valence-corrected chi connectivity index (χ1v) is 7.62. The molecule has 0 aliphatic heterocycles. The fourth-order valence-electron chi connectivity index (χ4n) is 2.87. The van der Waals surface area contributed by atoms with Gasteiger partial charge >= 0.3 is 0 Å². The minimum absolute atomic E-state index is 0.900. The van der Waals surface area contributed by atoms with Crippen molar-refractivity contribution < 1.29 is 0 Å². The molecule has 2 heteroatoms. The predicted molar refractivity (Wildman–Crippen MR) is 83.6 cm³/mol. The summed E-state index contributed by atoms with van der Waals surface area (Å²) in [6.07, 6.45) is 5.66. The molecule has 0 bridgehead atoms. The van der Waals surface area contributed by atoms with Crippen molar-refractivity contribution in [2.75, 3.05) is 25.5 Å². The average molecular weight is 260 g/mol. The Kier molecular flexibility index (Phi) is 5.26. The maximum absolute atomic E-state index is 3.62. The zero-order valence-electron chi connectivity index (χ0n) is 12.7. The van der Waals surface area contributed by atoms with Crippen LogP contribution in [0.1, 0.15) is 38.2 Å². The Labute approximate surface area is 118 Å². The summed E-state index contributed by atoms with van der Waals surface area (Å²) in [4.78, 5) is 2.14. The van der Waals surface area contributed by atoms with Crippen LogP contribution in [0.15, 0.2) is 24.3 Å². The van der Waals surface area contributed by atoms with E-state index in [2.05, 4.69) is 55.5 Å². The van der Waals surface area contributed by atoms with E-state index in [0.29, 0.717) is 0 Å². The van der Waals surface area contributed by atoms with E-state index in [1.807, 2.05) is 0 Å². The second-order valence-corrected chi connectivity index (χ2v) is 6.32. The first-order chi connectivity index (χ1) is 9.15. The van der Waals surface area contributed by atoms with Crippen LogP contribution in [0.4, 0.5) is 5.69 Å². The van der Waals surface area contributed by atoms with E-state index >= 15 is 0 Å². The van der Waals surface area contributed by atoms with Crippen LogP contribution in [-0.2, 0) is 6.54 Å². The standard InChI is InChI=1S/C17H28N2/c1-14-4-6-15(7-5-14)12-18-13-16-8-10-17(11-9-16)19(2)3/h8-11,14-15,18H,4-7,12-13H2,1-3H3. The quantitative estimate of drug-likeness (QED) is 0.869. The van der Waals surface area contributed by atoms with Crippen LogP contribution in [-0.4, -0.2) is 20.6 Å². The molecule has 1 saturated carbocycles. The third kappa shape index (κ3) is 4.54. The lowest BCUT2D eigenvalue weighted by Crippen LogP contribution is -2.25. The highest BCUT2D eigenvalue weighted by Crippen LogP contribution is 2.27. The Balaban J connectivity index is 1.70.